The number of benzene rings is 1. The highest BCUT2D eigenvalue weighted by atomic mass is 16.5. The minimum absolute atomic E-state index is 0.0954. The van der Waals surface area contributed by atoms with E-state index in [-0.39, 0.29) is 5.97 Å². The van der Waals surface area contributed by atoms with Crippen LogP contribution < -0.4 is 0 Å². The lowest BCUT2D eigenvalue weighted by Crippen LogP contribution is -2.31. The van der Waals surface area contributed by atoms with Crippen LogP contribution >= 0.6 is 0 Å². The predicted octanol–water partition coefficient (Wildman–Crippen LogP) is 4.48. The summed E-state index contributed by atoms with van der Waals surface area (Å²) in [4.78, 5) is 12.0. The summed E-state index contributed by atoms with van der Waals surface area (Å²) in [6.45, 7) is 7.49. The molecule has 0 unspecified atom stereocenters. The zero-order valence-electron chi connectivity index (χ0n) is 13.5. The molecule has 0 aliphatic heterocycles. The Bertz CT molecular complexity index is 438. The average molecular weight is 288 g/mol. The fourth-order valence-electron chi connectivity index (χ4n) is 3.60. The third kappa shape index (κ3) is 4.87. The van der Waals surface area contributed by atoms with Gasteiger partial charge in [-0.25, -0.2) is 0 Å². The fourth-order valence-corrected chi connectivity index (χ4v) is 3.60. The summed E-state index contributed by atoms with van der Waals surface area (Å²) in [5.41, 5.74) is 1.03. The topological polar surface area (TPSA) is 26.3 Å². The van der Waals surface area contributed by atoms with Crippen LogP contribution in [0.2, 0.25) is 0 Å². The number of esters is 1. The maximum Gasteiger partial charge on any atom is 0.310 e. The second-order valence-electron chi connectivity index (χ2n) is 6.93. The number of hydrogen-bond donors (Lipinski definition) is 0. The van der Waals surface area contributed by atoms with Crippen LogP contribution in [0.1, 0.15) is 45.6 Å². The van der Waals surface area contributed by atoms with Crippen LogP contribution in [-0.4, -0.2) is 12.6 Å². The van der Waals surface area contributed by atoms with Gasteiger partial charge >= 0.3 is 5.97 Å². The normalized spacial score (nSPS) is 25.8. The number of ether oxygens (including phenoxy) is 1. The van der Waals surface area contributed by atoms with E-state index in [4.69, 9.17) is 4.74 Å². The van der Waals surface area contributed by atoms with Crippen molar-refractivity contribution in [3.05, 3.63) is 35.9 Å². The van der Waals surface area contributed by atoms with Crippen molar-refractivity contribution in [1.29, 1.82) is 0 Å². The van der Waals surface area contributed by atoms with E-state index >= 15 is 0 Å². The molecular weight excluding hydrogens is 260 g/mol. The van der Waals surface area contributed by atoms with Gasteiger partial charge in [-0.05, 0) is 42.1 Å². The molecule has 1 aliphatic rings. The molecule has 0 heterocycles. The van der Waals surface area contributed by atoms with E-state index in [1.54, 1.807) is 0 Å². The number of carbonyl (C=O) groups is 1. The first-order chi connectivity index (χ1) is 10.1. The molecule has 1 saturated carbocycles. The molecule has 2 rings (SSSR count). The lowest BCUT2D eigenvalue weighted by atomic mass is 9.70. The molecule has 0 radical (unpaired) electrons. The molecule has 3 atom stereocenters. The van der Waals surface area contributed by atoms with Crippen molar-refractivity contribution in [2.75, 3.05) is 6.61 Å². The van der Waals surface area contributed by atoms with Gasteiger partial charge in [0, 0.05) is 0 Å². The molecule has 116 valence electrons. The van der Waals surface area contributed by atoms with Crippen molar-refractivity contribution in [2.24, 2.45) is 23.7 Å². The highest BCUT2D eigenvalue weighted by molar-refractivity contribution is 5.72. The quantitative estimate of drug-likeness (QED) is 0.747. The second-order valence-corrected chi connectivity index (χ2v) is 6.93. The molecule has 1 aromatic carbocycles. The summed E-state index contributed by atoms with van der Waals surface area (Å²) < 4.78 is 5.58. The van der Waals surface area contributed by atoms with Gasteiger partial charge < -0.3 is 4.74 Å². The largest absolute Gasteiger partial charge is 0.465 e. The SMILES string of the molecule is CC(C)[C@@H]1CC[C@@H](C)C[C@H]1COC(=O)Cc1ccccc1. The van der Waals surface area contributed by atoms with E-state index in [0.717, 1.165) is 11.5 Å². The monoisotopic (exact) mass is 288 g/mol. The lowest BCUT2D eigenvalue weighted by molar-refractivity contribution is -0.145. The minimum atomic E-state index is -0.0954. The van der Waals surface area contributed by atoms with Crippen LogP contribution in [0.4, 0.5) is 0 Å². The Morgan fingerprint density at radius 2 is 1.95 bits per heavy atom. The van der Waals surface area contributed by atoms with Crippen molar-refractivity contribution >= 4 is 5.97 Å². The standard InChI is InChI=1S/C19H28O2/c1-14(2)18-10-9-15(3)11-17(18)13-21-19(20)12-16-7-5-4-6-8-16/h4-8,14-15,17-18H,9-13H2,1-3H3/t15-,17+,18+/m1/s1. The van der Waals surface area contributed by atoms with E-state index in [1.807, 2.05) is 30.3 Å². The molecular formula is C19H28O2. The first kappa shape index (κ1) is 16.1. The summed E-state index contributed by atoms with van der Waals surface area (Å²) in [6, 6.07) is 9.83. The van der Waals surface area contributed by atoms with Crippen molar-refractivity contribution in [3.8, 4) is 0 Å². The van der Waals surface area contributed by atoms with Gasteiger partial charge in [-0.1, -0.05) is 57.5 Å². The fraction of sp³-hybridized carbons (Fsp3) is 0.632. The van der Waals surface area contributed by atoms with Crippen molar-refractivity contribution in [3.63, 3.8) is 0 Å². The highest BCUT2D eigenvalue weighted by Gasteiger charge is 2.31. The van der Waals surface area contributed by atoms with Gasteiger partial charge in [0.2, 0.25) is 0 Å². The Balaban J connectivity index is 1.84. The summed E-state index contributed by atoms with van der Waals surface area (Å²) in [6.07, 6.45) is 4.17. The van der Waals surface area contributed by atoms with E-state index in [9.17, 15) is 4.79 Å². The first-order valence-corrected chi connectivity index (χ1v) is 8.25. The number of rotatable bonds is 5. The van der Waals surface area contributed by atoms with Gasteiger partial charge in [-0.3, -0.25) is 4.79 Å². The zero-order chi connectivity index (χ0) is 15.2. The lowest BCUT2D eigenvalue weighted by Gasteiger charge is -2.37. The van der Waals surface area contributed by atoms with Crippen LogP contribution in [0, 0.1) is 23.7 Å². The van der Waals surface area contributed by atoms with Gasteiger partial charge in [-0.2, -0.15) is 0 Å². The van der Waals surface area contributed by atoms with Gasteiger partial charge in [0.25, 0.3) is 0 Å². The minimum Gasteiger partial charge on any atom is -0.465 e. The Morgan fingerprint density at radius 3 is 2.62 bits per heavy atom. The van der Waals surface area contributed by atoms with Crippen LogP contribution in [-0.2, 0) is 16.0 Å². The van der Waals surface area contributed by atoms with E-state index < -0.39 is 0 Å². The van der Waals surface area contributed by atoms with Gasteiger partial charge in [0.05, 0.1) is 13.0 Å². The van der Waals surface area contributed by atoms with Crippen LogP contribution in [0.15, 0.2) is 30.3 Å². The molecule has 1 fully saturated rings. The van der Waals surface area contributed by atoms with Gasteiger partial charge in [0.1, 0.15) is 0 Å². The van der Waals surface area contributed by atoms with Gasteiger partial charge in [0.15, 0.2) is 0 Å². The smallest absolute Gasteiger partial charge is 0.310 e. The molecule has 0 spiro atoms. The molecule has 0 bridgehead atoms. The molecule has 2 heteroatoms. The molecule has 0 saturated heterocycles. The summed E-state index contributed by atoms with van der Waals surface area (Å²) >= 11 is 0. The zero-order valence-corrected chi connectivity index (χ0v) is 13.5. The summed E-state index contributed by atoms with van der Waals surface area (Å²) in [5, 5.41) is 0. The molecule has 1 aromatic rings. The summed E-state index contributed by atoms with van der Waals surface area (Å²) in [5.74, 6) is 2.58. The third-order valence-electron chi connectivity index (χ3n) is 4.81. The van der Waals surface area contributed by atoms with Crippen LogP contribution in [0.5, 0.6) is 0 Å². The van der Waals surface area contributed by atoms with Crippen molar-refractivity contribution in [2.45, 2.75) is 46.5 Å². The molecule has 1 aliphatic carbocycles. The maximum absolute atomic E-state index is 12.0. The van der Waals surface area contributed by atoms with Crippen LogP contribution in [0.3, 0.4) is 0 Å². The predicted molar refractivity (Wildman–Crippen MR) is 85.9 cm³/mol. The third-order valence-corrected chi connectivity index (χ3v) is 4.81. The maximum atomic E-state index is 12.0. The van der Waals surface area contributed by atoms with E-state index in [2.05, 4.69) is 20.8 Å². The highest BCUT2D eigenvalue weighted by Crippen LogP contribution is 2.38. The molecule has 21 heavy (non-hydrogen) atoms. The van der Waals surface area contributed by atoms with Gasteiger partial charge in [-0.15, -0.1) is 0 Å². The van der Waals surface area contributed by atoms with Crippen LogP contribution in [0.25, 0.3) is 0 Å². The molecule has 2 nitrogen and oxygen atoms in total. The molecule has 0 N–H and O–H groups in total. The second kappa shape index (κ2) is 7.63. The number of hydrogen-bond acceptors (Lipinski definition) is 2. The molecule has 0 amide bonds. The first-order valence-electron chi connectivity index (χ1n) is 8.25. The Labute approximate surface area is 128 Å². The van der Waals surface area contributed by atoms with E-state index in [1.165, 1.54) is 19.3 Å². The average Bonchev–Trinajstić information content (AvgIpc) is 2.46. The van der Waals surface area contributed by atoms with E-state index in [0.29, 0.717) is 30.8 Å². The Morgan fingerprint density at radius 1 is 1.24 bits per heavy atom. The Hall–Kier alpha value is -1.31. The Kier molecular flexibility index (Phi) is 5.84. The van der Waals surface area contributed by atoms with Crippen molar-refractivity contribution in [1.82, 2.24) is 0 Å². The number of carbonyl (C=O) groups excluding carboxylic acids is 1. The summed E-state index contributed by atoms with van der Waals surface area (Å²) in [7, 11) is 0. The molecule has 0 aromatic heterocycles. The van der Waals surface area contributed by atoms with Crippen molar-refractivity contribution < 1.29 is 9.53 Å².